The summed E-state index contributed by atoms with van der Waals surface area (Å²) < 4.78 is 0. The van der Waals surface area contributed by atoms with Crippen molar-refractivity contribution in [2.75, 3.05) is 31.9 Å². The number of amides is 1. The van der Waals surface area contributed by atoms with Crippen LogP contribution < -0.4 is 0 Å². The zero-order valence-corrected chi connectivity index (χ0v) is 16.8. The summed E-state index contributed by atoms with van der Waals surface area (Å²) in [6.07, 6.45) is 2.61. The maximum absolute atomic E-state index is 12.9. The normalized spacial score (nSPS) is 18.3. The van der Waals surface area contributed by atoms with Gasteiger partial charge in [-0.3, -0.25) is 9.69 Å². The van der Waals surface area contributed by atoms with E-state index in [2.05, 4.69) is 23.3 Å². The largest absolute Gasteiger partial charge is 0.336 e. The van der Waals surface area contributed by atoms with Crippen molar-refractivity contribution in [1.82, 2.24) is 14.8 Å². The standard InChI is InChI=1S/C20H25N3OS2/c1-2-25-18-6-4-3-5-16(18)20(24)23-11-9-22(10-12-23)13-19-21-17(14-26-19)15-7-8-15/h3-6,14-15H,2,7-13H2,1H3. The molecule has 1 aromatic heterocycles. The molecule has 0 unspecified atom stereocenters. The lowest BCUT2D eigenvalue weighted by Crippen LogP contribution is -2.48. The first-order valence-corrected chi connectivity index (χ1v) is 11.3. The molecule has 1 amide bonds. The van der Waals surface area contributed by atoms with Crippen LogP contribution in [-0.2, 0) is 6.54 Å². The number of aromatic nitrogens is 1. The summed E-state index contributed by atoms with van der Waals surface area (Å²) in [5.74, 6) is 1.89. The van der Waals surface area contributed by atoms with Crippen LogP contribution >= 0.6 is 23.1 Å². The summed E-state index contributed by atoms with van der Waals surface area (Å²) in [6.45, 7) is 6.48. The van der Waals surface area contributed by atoms with Gasteiger partial charge in [0.1, 0.15) is 5.01 Å². The molecule has 2 heterocycles. The molecule has 0 atom stereocenters. The van der Waals surface area contributed by atoms with Gasteiger partial charge in [0.05, 0.1) is 17.8 Å². The van der Waals surface area contributed by atoms with E-state index in [1.807, 2.05) is 23.1 Å². The fraction of sp³-hybridized carbons (Fsp3) is 0.500. The molecule has 6 heteroatoms. The van der Waals surface area contributed by atoms with Gasteiger partial charge in [-0.25, -0.2) is 4.98 Å². The minimum absolute atomic E-state index is 0.173. The average Bonchev–Trinajstić information content (AvgIpc) is 3.42. The third-order valence-electron chi connectivity index (χ3n) is 5.00. The van der Waals surface area contributed by atoms with Gasteiger partial charge in [0.15, 0.2) is 0 Å². The highest BCUT2D eigenvalue weighted by atomic mass is 32.2. The van der Waals surface area contributed by atoms with Crippen molar-refractivity contribution in [2.45, 2.75) is 37.1 Å². The van der Waals surface area contributed by atoms with E-state index in [0.717, 1.165) is 54.9 Å². The lowest BCUT2D eigenvalue weighted by atomic mass is 10.2. The molecule has 2 fully saturated rings. The van der Waals surface area contributed by atoms with Crippen molar-refractivity contribution in [3.05, 3.63) is 45.9 Å². The summed E-state index contributed by atoms with van der Waals surface area (Å²) >= 11 is 3.53. The van der Waals surface area contributed by atoms with E-state index in [9.17, 15) is 4.79 Å². The fourth-order valence-electron chi connectivity index (χ4n) is 3.36. The van der Waals surface area contributed by atoms with Crippen LogP contribution in [-0.4, -0.2) is 52.6 Å². The number of nitrogens with zero attached hydrogens (tertiary/aromatic N) is 3. The zero-order chi connectivity index (χ0) is 17.9. The lowest BCUT2D eigenvalue weighted by molar-refractivity contribution is 0.0625. The van der Waals surface area contributed by atoms with E-state index in [1.54, 1.807) is 23.1 Å². The smallest absolute Gasteiger partial charge is 0.255 e. The first-order chi connectivity index (χ1) is 12.7. The summed E-state index contributed by atoms with van der Waals surface area (Å²) in [4.78, 5) is 23.2. The van der Waals surface area contributed by atoms with E-state index in [4.69, 9.17) is 4.98 Å². The van der Waals surface area contributed by atoms with Gasteiger partial charge in [-0.1, -0.05) is 19.1 Å². The maximum atomic E-state index is 12.9. The zero-order valence-electron chi connectivity index (χ0n) is 15.2. The first-order valence-electron chi connectivity index (χ1n) is 9.42. The number of thiazole rings is 1. The predicted molar refractivity (Wildman–Crippen MR) is 108 cm³/mol. The molecule has 1 saturated heterocycles. The Hall–Kier alpha value is -1.37. The van der Waals surface area contributed by atoms with Crippen molar-refractivity contribution < 1.29 is 4.79 Å². The molecule has 2 aliphatic rings. The van der Waals surface area contributed by atoms with Gasteiger partial charge in [-0.2, -0.15) is 0 Å². The Balaban J connectivity index is 1.33. The summed E-state index contributed by atoms with van der Waals surface area (Å²) in [5.41, 5.74) is 2.14. The quantitative estimate of drug-likeness (QED) is 0.700. The fourth-order valence-corrected chi connectivity index (χ4v) is 5.07. The molecule has 0 N–H and O–H groups in total. The predicted octanol–water partition coefficient (Wildman–Crippen LogP) is 4.09. The second-order valence-corrected chi connectivity index (χ2v) is 9.19. The topological polar surface area (TPSA) is 36.4 Å². The summed E-state index contributed by atoms with van der Waals surface area (Å²) in [5, 5.41) is 3.45. The third kappa shape index (κ3) is 4.13. The van der Waals surface area contributed by atoms with E-state index >= 15 is 0 Å². The molecule has 4 rings (SSSR count). The molecule has 2 aromatic rings. The Labute approximate surface area is 163 Å². The second kappa shape index (κ2) is 8.11. The minimum atomic E-state index is 0.173. The monoisotopic (exact) mass is 387 g/mol. The van der Waals surface area contributed by atoms with Crippen molar-refractivity contribution in [3.63, 3.8) is 0 Å². The van der Waals surface area contributed by atoms with Crippen LogP contribution in [0.3, 0.4) is 0 Å². The van der Waals surface area contributed by atoms with Crippen LogP contribution in [0.5, 0.6) is 0 Å². The number of piperazine rings is 1. The van der Waals surface area contributed by atoms with Gasteiger partial charge in [0.2, 0.25) is 0 Å². The number of rotatable bonds is 6. The Morgan fingerprint density at radius 1 is 1.23 bits per heavy atom. The Morgan fingerprint density at radius 2 is 2.00 bits per heavy atom. The van der Waals surface area contributed by atoms with Crippen LogP contribution in [0.4, 0.5) is 0 Å². The van der Waals surface area contributed by atoms with E-state index in [0.29, 0.717) is 0 Å². The van der Waals surface area contributed by atoms with Crippen molar-refractivity contribution in [2.24, 2.45) is 0 Å². The molecule has 0 radical (unpaired) electrons. The number of thioether (sulfide) groups is 1. The second-order valence-electron chi connectivity index (χ2n) is 6.94. The van der Waals surface area contributed by atoms with Crippen molar-refractivity contribution >= 4 is 29.0 Å². The third-order valence-corrected chi connectivity index (χ3v) is 6.81. The molecule has 0 bridgehead atoms. The van der Waals surface area contributed by atoms with Crippen LogP contribution in [0, 0.1) is 0 Å². The highest BCUT2D eigenvalue weighted by molar-refractivity contribution is 7.99. The van der Waals surface area contributed by atoms with Gasteiger partial charge in [0, 0.05) is 42.4 Å². The van der Waals surface area contributed by atoms with Crippen molar-refractivity contribution in [1.29, 1.82) is 0 Å². The Kier molecular flexibility index (Phi) is 5.62. The maximum Gasteiger partial charge on any atom is 0.255 e. The highest BCUT2D eigenvalue weighted by Crippen LogP contribution is 2.40. The van der Waals surface area contributed by atoms with Gasteiger partial charge >= 0.3 is 0 Å². The molecule has 1 aliphatic heterocycles. The molecular weight excluding hydrogens is 362 g/mol. The van der Waals surface area contributed by atoms with E-state index in [1.165, 1.54) is 23.5 Å². The molecule has 26 heavy (non-hydrogen) atoms. The molecule has 1 aromatic carbocycles. The van der Waals surface area contributed by atoms with Gasteiger partial charge in [-0.15, -0.1) is 23.1 Å². The molecule has 138 valence electrons. The van der Waals surface area contributed by atoms with E-state index in [-0.39, 0.29) is 5.91 Å². The SMILES string of the molecule is CCSc1ccccc1C(=O)N1CCN(Cc2nc(C3CC3)cs2)CC1. The number of carbonyl (C=O) groups excluding carboxylic acids is 1. The van der Waals surface area contributed by atoms with Crippen LogP contribution in [0.15, 0.2) is 34.5 Å². The molecule has 0 spiro atoms. The number of carbonyl (C=O) groups is 1. The molecule has 1 saturated carbocycles. The minimum Gasteiger partial charge on any atom is -0.336 e. The average molecular weight is 388 g/mol. The number of hydrogen-bond acceptors (Lipinski definition) is 5. The molecule has 4 nitrogen and oxygen atoms in total. The van der Waals surface area contributed by atoms with Crippen LogP contribution in [0.2, 0.25) is 0 Å². The molecular formula is C20H25N3OS2. The lowest BCUT2D eigenvalue weighted by Gasteiger charge is -2.34. The van der Waals surface area contributed by atoms with Gasteiger partial charge in [-0.05, 0) is 30.7 Å². The Bertz CT molecular complexity index is 764. The van der Waals surface area contributed by atoms with Crippen LogP contribution in [0.25, 0.3) is 0 Å². The number of benzene rings is 1. The first kappa shape index (κ1) is 18.0. The summed E-state index contributed by atoms with van der Waals surface area (Å²) in [7, 11) is 0. The molecule has 1 aliphatic carbocycles. The number of hydrogen-bond donors (Lipinski definition) is 0. The Morgan fingerprint density at radius 3 is 2.73 bits per heavy atom. The van der Waals surface area contributed by atoms with E-state index < -0.39 is 0 Å². The summed E-state index contributed by atoms with van der Waals surface area (Å²) in [6, 6.07) is 7.99. The van der Waals surface area contributed by atoms with Crippen LogP contribution in [0.1, 0.15) is 46.7 Å². The highest BCUT2D eigenvalue weighted by Gasteiger charge is 2.27. The van der Waals surface area contributed by atoms with Gasteiger partial charge < -0.3 is 4.90 Å². The van der Waals surface area contributed by atoms with Crippen molar-refractivity contribution in [3.8, 4) is 0 Å². The van der Waals surface area contributed by atoms with Gasteiger partial charge in [0.25, 0.3) is 5.91 Å².